The largest absolute Gasteiger partial charge is 0.494 e. The molecule has 1 heterocycles. The lowest BCUT2D eigenvalue weighted by atomic mass is 10.1. The third kappa shape index (κ3) is 2.73. The number of rotatable bonds is 5. The fourth-order valence-electron chi connectivity index (χ4n) is 1.52. The summed E-state index contributed by atoms with van der Waals surface area (Å²) in [4.78, 5) is 7.43. The summed E-state index contributed by atoms with van der Waals surface area (Å²) >= 11 is 0. The highest BCUT2D eigenvalue weighted by Crippen LogP contribution is 2.07. The van der Waals surface area contributed by atoms with E-state index in [9.17, 15) is 0 Å². The molecule has 0 aliphatic heterocycles. The maximum Gasteiger partial charge on any atom is 0.145 e. The molecule has 1 N–H and O–H groups in total. The summed E-state index contributed by atoms with van der Waals surface area (Å²) in [6.45, 7) is 3.93. The van der Waals surface area contributed by atoms with Crippen LogP contribution < -0.4 is 0 Å². The van der Waals surface area contributed by atoms with Crippen molar-refractivity contribution in [3.63, 3.8) is 0 Å². The van der Waals surface area contributed by atoms with Gasteiger partial charge in [0.05, 0.1) is 6.26 Å². The van der Waals surface area contributed by atoms with Crippen LogP contribution in [0.2, 0.25) is 0 Å². The zero-order chi connectivity index (χ0) is 11.2. The molecule has 0 saturated heterocycles. The fourth-order valence-corrected chi connectivity index (χ4v) is 1.52. The molecule has 2 aromatic rings. The molecule has 3 heteroatoms. The van der Waals surface area contributed by atoms with E-state index < -0.39 is 0 Å². The lowest BCUT2D eigenvalue weighted by Crippen LogP contribution is -1.91. The van der Waals surface area contributed by atoms with Crippen molar-refractivity contribution in [3.05, 3.63) is 66.5 Å². The van der Waals surface area contributed by atoms with Gasteiger partial charge in [0.25, 0.3) is 0 Å². The number of nitrogens with one attached hydrogen (secondary N) is 1. The molecule has 0 radical (unpaired) electrons. The van der Waals surface area contributed by atoms with E-state index in [1.807, 2.05) is 24.4 Å². The van der Waals surface area contributed by atoms with Gasteiger partial charge in [-0.3, -0.25) is 0 Å². The number of hydrogen-bond acceptors (Lipinski definition) is 2. The molecule has 0 saturated carbocycles. The molecule has 1 aromatic heterocycles. The fraction of sp³-hybridized carbons (Fsp3) is 0.154. The Balaban J connectivity index is 2.00. The third-order valence-electron chi connectivity index (χ3n) is 2.26. The predicted octanol–water partition coefficient (Wildman–Crippen LogP) is 2.66. The molecule has 0 unspecified atom stereocenters. The van der Waals surface area contributed by atoms with Gasteiger partial charge in [-0.05, 0) is 5.56 Å². The van der Waals surface area contributed by atoms with E-state index in [0.29, 0.717) is 6.61 Å². The van der Waals surface area contributed by atoms with Crippen LogP contribution in [0.5, 0.6) is 0 Å². The van der Waals surface area contributed by atoms with Crippen molar-refractivity contribution in [1.29, 1.82) is 0 Å². The Labute approximate surface area is 94.8 Å². The molecule has 0 aliphatic carbocycles. The highest BCUT2D eigenvalue weighted by Gasteiger charge is 2.01. The Hall–Kier alpha value is -2.03. The topological polar surface area (TPSA) is 37.9 Å². The van der Waals surface area contributed by atoms with E-state index in [4.69, 9.17) is 4.74 Å². The Morgan fingerprint density at radius 1 is 1.31 bits per heavy atom. The maximum absolute atomic E-state index is 5.05. The van der Waals surface area contributed by atoms with E-state index >= 15 is 0 Å². The van der Waals surface area contributed by atoms with Gasteiger partial charge in [-0.15, -0.1) is 0 Å². The molecular weight excluding hydrogens is 200 g/mol. The van der Waals surface area contributed by atoms with Crippen molar-refractivity contribution >= 4 is 0 Å². The standard InChI is InChI=1S/C13H14N2O/c1-2-16-10-13-14-9-12(15-13)8-11-6-4-3-5-7-11/h2-7,9H,1,8,10H2,(H,14,15). The number of hydrogen-bond donors (Lipinski definition) is 1. The van der Waals surface area contributed by atoms with E-state index in [-0.39, 0.29) is 0 Å². The van der Waals surface area contributed by atoms with Crippen LogP contribution in [-0.4, -0.2) is 9.97 Å². The first-order valence-corrected chi connectivity index (χ1v) is 5.17. The summed E-state index contributed by atoms with van der Waals surface area (Å²) in [6.07, 6.45) is 4.12. The van der Waals surface area contributed by atoms with Crippen LogP contribution in [0.4, 0.5) is 0 Å². The van der Waals surface area contributed by atoms with Crippen LogP contribution in [0.3, 0.4) is 0 Å². The summed E-state index contributed by atoms with van der Waals surface area (Å²) in [6, 6.07) is 10.3. The van der Waals surface area contributed by atoms with Crippen molar-refractivity contribution in [3.8, 4) is 0 Å². The van der Waals surface area contributed by atoms with Crippen LogP contribution in [0.25, 0.3) is 0 Å². The highest BCUT2D eigenvalue weighted by atomic mass is 16.5. The zero-order valence-corrected chi connectivity index (χ0v) is 9.02. The summed E-state index contributed by atoms with van der Waals surface area (Å²) in [5.74, 6) is 0.825. The zero-order valence-electron chi connectivity index (χ0n) is 9.02. The van der Waals surface area contributed by atoms with Gasteiger partial charge < -0.3 is 9.72 Å². The molecular formula is C13H14N2O. The number of H-pyrrole nitrogens is 1. The van der Waals surface area contributed by atoms with Crippen molar-refractivity contribution in [1.82, 2.24) is 9.97 Å². The third-order valence-corrected chi connectivity index (χ3v) is 2.26. The monoisotopic (exact) mass is 214 g/mol. The molecule has 1 aromatic carbocycles. The van der Waals surface area contributed by atoms with Crippen LogP contribution in [0.15, 0.2) is 49.4 Å². The van der Waals surface area contributed by atoms with Crippen molar-refractivity contribution in [2.75, 3.05) is 0 Å². The molecule has 0 atom stereocenters. The summed E-state index contributed by atoms with van der Waals surface area (Å²) in [5, 5.41) is 0. The van der Waals surface area contributed by atoms with Crippen LogP contribution in [0, 0.1) is 0 Å². The highest BCUT2D eigenvalue weighted by molar-refractivity contribution is 5.20. The van der Waals surface area contributed by atoms with Gasteiger partial charge in [-0.1, -0.05) is 36.9 Å². The van der Waals surface area contributed by atoms with Gasteiger partial charge in [-0.25, -0.2) is 4.98 Å². The number of nitrogens with zero attached hydrogens (tertiary/aromatic N) is 1. The Morgan fingerprint density at radius 3 is 2.88 bits per heavy atom. The molecule has 0 fully saturated rings. The normalized spacial score (nSPS) is 10.0. The van der Waals surface area contributed by atoms with E-state index in [1.165, 1.54) is 11.8 Å². The summed E-state index contributed by atoms with van der Waals surface area (Å²) < 4.78 is 5.05. The second-order valence-corrected chi connectivity index (χ2v) is 3.50. The Bertz CT molecular complexity index is 448. The Morgan fingerprint density at radius 2 is 2.12 bits per heavy atom. The summed E-state index contributed by atoms with van der Waals surface area (Å²) in [5.41, 5.74) is 2.36. The van der Waals surface area contributed by atoms with Crippen molar-refractivity contribution in [2.24, 2.45) is 0 Å². The molecule has 3 nitrogen and oxygen atoms in total. The minimum Gasteiger partial charge on any atom is -0.494 e. The number of benzene rings is 1. The second-order valence-electron chi connectivity index (χ2n) is 3.50. The van der Waals surface area contributed by atoms with Gasteiger partial charge in [0, 0.05) is 18.3 Å². The first-order chi connectivity index (χ1) is 7.88. The average Bonchev–Trinajstić information content (AvgIpc) is 2.75. The van der Waals surface area contributed by atoms with Gasteiger partial charge in [0.1, 0.15) is 12.4 Å². The SMILES string of the molecule is C=COCc1ncc(Cc2ccccc2)[nH]1. The lowest BCUT2D eigenvalue weighted by Gasteiger charge is -1.98. The quantitative estimate of drug-likeness (QED) is 0.777. The number of aromatic amines is 1. The Kier molecular flexibility index (Phi) is 3.38. The smallest absolute Gasteiger partial charge is 0.145 e. The predicted molar refractivity (Wildman–Crippen MR) is 62.8 cm³/mol. The molecule has 82 valence electrons. The lowest BCUT2D eigenvalue weighted by molar-refractivity contribution is 0.230. The number of imidazole rings is 1. The van der Waals surface area contributed by atoms with Gasteiger partial charge in [0.2, 0.25) is 0 Å². The summed E-state index contributed by atoms with van der Waals surface area (Å²) in [7, 11) is 0. The molecule has 0 spiro atoms. The molecule has 2 rings (SSSR count). The first-order valence-electron chi connectivity index (χ1n) is 5.17. The van der Waals surface area contributed by atoms with Crippen LogP contribution in [0.1, 0.15) is 17.1 Å². The minimum absolute atomic E-state index is 0.443. The van der Waals surface area contributed by atoms with Gasteiger partial charge in [-0.2, -0.15) is 0 Å². The second kappa shape index (κ2) is 5.16. The van der Waals surface area contributed by atoms with Crippen LogP contribution >= 0.6 is 0 Å². The molecule has 0 aliphatic rings. The maximum atomic E-state index is 5.05. The van der Waals surface area contributed by atoms with Crippen LogP contribution in [-0.2, 0) is 17.8 Å². The van der Waals surface area contributed by atoms with E-state index in [2.05, 4.69) is 28.7 Å². The molecule has 0 bridgehead atoms. The van der Waals surface area contributed by atoms with Crippen molar-refractivity contribution in [2.45, 2.75) is 13.0 Å². The minimum atomic E-state index is 0.443. The number of aromatic nitrogens is 2. The first kappa shape index (κ1) is 10.5. The van der Waals surface area contributed by atoms with E-state index in [1.54, 1.807) is 0 Å². The molecule has 16 heavy (non-hydrogen) atoms. The number of ether oxygens (including phenoxy) is 1. The van der Waals surface area contributed by atoms with Gasteiger partial charge in [0.15, 0.2) is 0 Å². The average molecular weight is 214 g/mol. The van der Waals surface area contributed by atoms with E-state index in [0.717, 1.165) is 17.9 Å². The molecule has 0 amide bonds. The van der Waals surface area contributed by atoms with Crippen molar-refractivity contribution < 1.29 is 4.74 Å². The van der Waals surface area contributed by atoms with Gasteiger partial charge >= 0.3 is 0 Å².